The Kier molecular flexibility index (Phi) is 9.43. The molecule has 3 nitrogen and oxygen atoms in total. The molecule has 0 amide bonds. The van der Waals surface area contributed by atoms with Crippen LogP contribution in [0.1, 0.15) is 72.1 Å². The second kappa shape index (κ2) is 10.5. The average molecular weight is 301 g/mol. The van der Waals surface area contributed by atoms with Crippen LogP contribution in [0.15, 0.2) is 11.3 Å². The number of allylic oxidation sites excluding steroid dienone is 2. The molecule has 118 valence electrons. The van der Waals surface area contributed by atoms with Crippen molar-refractivity contribution >= 4 is 8.80 Å². The Morgan fingerprint density at radius 3 is 1.50 bits per heavy atom. The summed E-state index contributed by atoms with van der Waals surface area (Å²) in [5.74, 6) is 0. The van der Waals surface area contributed by atoms with E-state index >= 15 is 0 Å². The van der Waals surface area contributed by atoms with Gasteiger partial charge in [-0.05, 0) is 37.3 Å². The van der Waals surface area contributed by atoms with Crippen molar-refractivity contribution in [3.8, 4) is 0 Å². The molecule has 0 unspecified atom stereocenters. The van der Waals surface area contributed by atoms with E-state index in [-0.39, 0.29) is 0 Å². The average Bonchev–Trinajstić information content (AvgIpc) is 2.37. The summed E-state index contributed by atoms with van der Waals surface area (Å²) in [7, 11) is -2.56. The summed E-state index contributed by atoms with van der Waals surface area (Å²) >= 11 is 0. The first kappa shape index (κ1) is 17.9. The van der Waals surface area contributed by atoms with Crippen molar-refractivity contribution in [1.29, 1.82) is 0 Å². The van der Waals surface area contributed by atoms with E-state index < -0.39 is 8.80 Å². The third-order valence-corrected chi connectivity index (χ3v) is 6.56. The van der Waals surface area contributed by atoms with Crippen LogP contribution in [-0.2, 0) is 13.3 Å². The molecule has 0 atom stereocenters. The molecule has 0 aromatic carbocycles. The van der Waals surface area contributed by atoms with E-state index in [2.05, 4.69) is 26.8 Å². The van der Waals surface area contributed by atoms with E-state index in [9.17, 15) is 0 Å². The van der Waals surface area contributed by atoms with Crippen LogP contribution in [0, 0.1) is 0 Å². The van der Waals surface area contributed by atoms with Gasteiger partial charge in [-0.15, -0.1) is 0 Å². The molecule has 0 bridgehead atoms. The molecular weight excluding hydrogens is 268 g/mol. The maximum Gasteiger partial charge on any atom is 0.532 e. The van der Waals surface area contributed by atoms with E-state index in [0.29, 0.717) is 0 Å². The zero-order valence-electron chi connectivity index (χ0n) is 13.6. The van der Waals surface area contributed by atoms with Crippen LogP contribution in [-0.4, -0.2) is 28.6 Å². The molecule has 1 aliphatic rings. The lowest BCUT2D eigenvalue weighted by molar-refractivity contribution is 0.0632. The van der Waals surface area contributed by atoms with Crippen molar-refractivity contribution in [2.24, 2.45) is 0 Å². The van der Waals surface area contributed by atoms with Gasteiger partial charge in [-0.2, -0.15) is 0 Å². The van der Waals surface area contributed by atoms with Crippen molar-refractivity contribution < 1.29 is 13.3 Å². The molecule has 0 saturated heterocycles. The monoisotopic (exact) mass is 300 g/mol. The molecule has 4 heteroatoms. The molecule has 0 N–H and O–H groups in total. The molecular formula is C16H32O3Si. The number of rotatable bonds is 13. The van der Waals surface area contributed by atoms with Gasteiger partial charge in [0, 0.05) is 19.8 Å². The highest BCUT2D eigenvalue weighted by molar-refractivity contribution is 6.69. The standard InChI is InChI=1S/C16H32O3Si/c1-4-7-13-17-20(16-11-10-12-16,18-14-8-5-2)19-15-9-6-3/h11H,4-10,12-15H2,1-3H3. The first-order valence-electron chi connectivity index (χ1n) is 8.40. The second-order valence-corrected chi connectivity index (χ2v) is 8.05. The van der Waals surface area contributed by atoms with Gasteiger partial charge in [0.2, 0.25) is 0 Å². The minimum atomic E-state index is -2.56. The molecule has 0 fully saturated rings. The normalized spacial score (nSPS) is 15.1. The lowest BCUT2D eigenvalue weighted by Crippen LogP contribution is -2.50. The summed E-state index contributed by atoms with van der Waals surface area (Å²) in [6.45, 7) is 8.84. The van der Waals surface area contributed by atoms with Crippen LogP contribution in [0.2, 0.25) is 0 Å². The highest BCUT2D eigenvalue weighted by atomic mass is 28.4. The van der Waals surface area contributed by atoms with Gasteiger partial charge < -0.3 is 13.3 Å². The van der Waals surface area contributed by atoms with Gasteiger partial charge in [0.25, 0.3) is 0 Å². The van der Waals surface area contributed by atoms with E-state index in [1.807, 2.05) is 0 Å². The summed E-state index contributed by atoms with van der Waals surface area (Å²) in [6, 6.07) is 0. The summed E-state index contributed by atoms with van der Waals surface area (Å²) < 4.78 is 18.6. The Bertz CT molecular complexity index is 252. The Morgan fingerprint density at radius 1 is 0.850 bits per heavy atom. The fraction of sp³-hybridized carbons (Fsp3) is 0.875. The Balaban J connectivity index is 2.63. The molecule has 0 aromatic rings. The van der Waals surface area contributed by atoms with Gasteiger partial charge in [-0.25, -0.2) is 0 Å². The summed E-state index contributed by atoms with van der Waals surface area (Å²) in [6.07, 6.45) is 11.2. The maximum atomic E-state index is 6.19. The van der Waals surface area contributed by atoms with Crippen LogP contribution >= 0.6 is 0 Å². The highest BCUT2D eigenvalue weighted by Gasteiger charge is 2.47. The summed E-state index contributed by atoms with van der Waals surface area (Å²) in [5, 5.41) is 1.32. The third-order valence-electron chi connectivity index (χ3n) is 3.57. The molecule has 0 radical (unpaired) electrons. The van der Waals surface area contributed by atoms with E-state index in [1.54, 1.807) is 0 Å². The summed E-state index contributed by atoms with van der Waals surface area (Å²) in [4.78, 5) is 0. The summed E-state index contributed by atoms with van der Waals surface area (Å²) in [5.41, 5.74) is 0. The quantitative estimate of drug-likeness (QED) is 0.366. The van der Waals surface area contributed by atoms with Crippen molar-refractivity contribution in [2.75, 3.05) is 19.8 Å². The van der Waals surface area contributed by atoms with Gasteiger partial charge in [0.05, 0.1) is 0 Å². The predicted molar refractivity (Wildman–Crippen MR) is 85.7 cm³/mol. The molecule has 0 heterocycles. The van der Waals surface area contributed by atoms with E-state index in [1.165, 1.54) is 5.20 Å². The van der Waals surface area contributed by atoms with Gasteiger partial charge >= 0.3 is 8.80 Å². The van der Waals surface area contributed by atoms with E-state index in [4.69, 9.17) is 13.3 Å². The van der Waals surface area contributed by atoms with Crippen LogP contribution in [0.25, 0.3) is 0 Å². The van der Waals surface area contributed by atoms with Crippen molar-refractivity contribution in [1.82, 2.24) is 0 Å². The van der Waals surface area contributed by atoms with Crippen molar-refractivity contribution in [2.45, 2.75) is 72.1 Å². The van der Waals surface area contributed by atoms with Crippen LogP contribution in [0.3, 0.4) is 0 Å². The molecule has 0 aliphatic heterocycles. The van der Waals surface area contributed by atoms with Crippen LogP contribution in [0.4, 0.5) is 0 Å². The fourth-order valence-corrected chi connectivity index (χ4v) is 4.91. The fourth-order valence-electron chi connectivity index (χ4n) is 2.02. The first-order chi connectivity index (χ1) is 9.79. The zero-order valence-corrected chi connectivity index (χ0v) is 14.6. The molecule has 0 spiro atoms. The Morgan fingerprint density at radius 2 is 1.25 bits per heavy atom. The maximum absolute atomic E-state index is 6.19. The predicted octanol–water partition coefficient (Wildman–Crippen LogP) is 4.63. The molecule has 0 saturated carbocycles. The third kappa shape index (κ3) is 5.68. The molecule has 1 aliphatic carbocycles. The Hall–Kier alpha value is -0.163. The molecule has 0 aromatic heterocycles. The number of hydrogen-bond donors (Lipinski definition) is 0. The minimum Gasteiger partial charge on any atom is -0.370 e. The number of unbranched alkanes of at least 4 members (excludes halogenated alkanes) is 3. The largest absolute Gasteiger partial charge is 0.532 e. The first-order valence-corrected chi connectivity index (χ1v) is 10.1. The van der Waals surface area contributed by atoms with Gasteiger partial charge in [0.15, 0.2) is 0 Å². The van der Waals surface area contributed by atoms with Crippen molar-refractivity contribution in [3.05, 3.63) is 11.3 Å². The SMILES string of the molecule is CCCCO[Si](OCCCC)(OCCCC)C1=CCC1. The van der Waals surface area contributed by atoms with Gasteiger partial charge in [-0.1, -0.05) is 46.1 Å². The minimum absolute atomic E-state index is 0.762. The number of hydrogen-bond acceptors (Lipinski definition) is 3. The van der Waals surface area contributed by atoms with Crippen LogP contribution < -0.4 is 0 Å². The molecule has 20 heavy (non-hydrogen) atoms. The van der Waals surface area contributed by atoms with Gasteiger partial charge in [0.1, 0.15) is 0 Å². The zero-order chi connectivity index (χ0) is 14.7. The Labute approximate surface area is 126 Å². The lowest BCUT2D eigenvalue weighted by atomic mass is 10.1. The lowest BCUT2D eigenvalue weighted by Gasteiger charge is -2.34. The second-order valence-electron chi connectivity index (χ2n) is 5.43. The molecule has 1 rings (SSSR count). The van der Waals surface area contributed by atoms with Crippen LogP contribution in [0.5, 0.6) is 0 Å². The van der Waals surface area contributed by atoms with Crippen molar-refractivity contribution in [3.63, 3.8) is 0 Å². The highest BCUT2D eigenvalue weighted by Crippen LogP contribution is 2.31. The smallest absolute Gasteiger partial charge is 0.370 e. The van der Waals surface area contributed by atoms with Gasteiger partial charge in [-0.3, -0.25) is 0 Å². The topological polar surface area (TPSA) is 27.7 Å². The van der Waals surface area contributed by atoms with E-state index in [0.717, 1.165) is 71.2 Å².